The predicted molar refractivity (Wildman–Crippen MR) is 121 cm³/mol. The quantitative estimate of drug-likeness (QED) is 0.271. The average molecular weight is 430 g/mol. The highest BCUT2D eigenvalue weighted by Crippen LogP contribution is 2.25. The Kier molecular flexibility index (Phi) is 6.51. The first kappa shape index (κ1) is 22.1. The number of ether oxygens (including phenoxy) is 1. The number of methoxy groups -OCH3 is 1. The van der Waals surface area contributed by atoms with E-state index < -0.39 is 17.6 Å². The van der Waals surface area contributed by atoms with Gasteiger partial charge in [-0.2, -0.15) is 0 Å². The Bertz CT molecular complexity index is 1250. The van der Waals surface area contributed by atoms with Gasteiger partial charge in [0.2, 0.25) is 0 Å². The van der Waals surface area contributed by atoms with E-state index in [4.69, 9.17) is 22.3 Å². The van der Waals surface area contributed by atoms with Crippen molar-refractivity contribution in [1.29, 1.82) is 5.41 Å². The first-order chi connectivity index (χ1) is 15.3. The van der Waals surface area contributed by atoms with E-state index in [0.717, 1.165) is 6.07 Å². The second-order valence-electron chi connectivity index (χ2n) is 6.65. The molecule has 0 spiro atoms. The summed E-state index contributed by atoms with van der Waals surface area (Å²) in [7, 11) is 1.44. The number of nitrogen functional groups attached to an aromatic ring is 1. The Morgan fingerprint density at radius 3 is 2.28 bits per heavy atom. The molecule has 3 aromatic carbocycles. The minimum atomic E-state index is -0.844. The van der Waals surface area contributed by atoms with Crippen LogP contribution in [0.5, 0.6) is 5.75 Å². The van der Waals surface area contributed by atoms with E-state index >= 15 is 0 Å². The maximum Gasteiger partial charge on any atom is 0.258 e. The molecule has 0 saturated heterocycles. The number of halogens is 1. The number of hydrogen-bond donors (Lipinski definition) is 4. The van der Waals surface area contributed by atoms with Gasteiger partial charge < -0.3 is 21.1 Å². The third-order valence-electron chi connectivity index (χ3n) is 4.55. The molecule has 0 unspecified atom stereocenters. The van der Waals surface area contributed by atoms with E-state index in [1.807, 2.05) is 0 Å². The number of carbonyl (C=O) groups is 2. The highest BCUT2D eigenvalue weighted by molar-refractivity contribution is 6.13. The lowest BCUT2D eigenvalue weighted by Gasteiger charge is -2.14. The van der Waals surface area contributed by atoms with E-state index in [2.05, 4.69) is 16.6 Å². The number of terminal acetylenes is 1. The molecular formula is C24H19FN4O3. The maximum absolute atomic E-state index is 14.4. The summed E-state index contributed by atoms with van der Waals surface area (Å²) in [5.41, 5.74) is 6.66. The molecule has 0 heterocycles. The van der Waals surface area contributed by atoms with Crippen molar-refractivity contribution < 1.29 is 18.7 Å². The van der Waals surface area contributed by atoms with Gasteiger partial charge in [-0.25, -0.2) is 4.39 Å². The summed E-state index contributed by atoms with van der Waals surface area (Å²) in [6, 6.07) is 14.7. The van der Waals surface area contributed by atoms with Crippen LogP contribution in [0.1, 0.15) is 31.8 Å². The molecule has 0 aliphatic rings. The fourth-order valence-electron chi connectivity index (χ4n) is 2.85. The Balaban J connectivity index is 1.88. The van der Waals surface area contributed by atoms with Crippen LogP contribution >= 0.6 is 0 Å². The fourth-order valence-corrected chi connectivity index (χ4v) is 2.85. The largest absolute Gasteiger partial charge is 0.497 e. The van der Waals surface area contributed by atoms with Gasteiger partial charge in [0.15, 0.2) is 0 Å². The Morgan fingerprint density at radius 2 is 1.69 bits per heavy atom. The van der Waals surface area contributed by atoms with Crippen molar-refractivity contribution in [2.75, 3.05) is 17.7 Å². The van der Waals surface area contributed by atoms with Crippen LogP contribution in [-0.2, 0) is 0 Å². The Hall–Kier alpha value is -4.64. The van der Waals surface area contributed by atoms with Crippen molar-refractivity contribution in [1.82, 2.24) is 0 Å². The molecule has 0 aromatic heterocycles. The van der Waals surface area contributed by atoms with E-state index in [0.29, 0.717) is 17.0 Å². The zero-order valence-corrected chi connectivity index (χ0v) is 17.0. The second-order valence-corrected chi connectivity index (χ2v) is 6.65. The normalized spacial score (nSPS) is 10.0. The average Bonchev–Trinajstić information content (AvgIpc) is 2.79. The zero-order valence-electron chi connectivity index (χ0n) is 17.0. The summed E-state index contributed by atoms with van der Waals surface area (Å²) in [5, 5.41) is 12.6. The molecule has 8 heteroatoms. The Morgan fingerprint density at radius 1 is 1.00 bits per heavy atom. The number of amides is 2. The van der Waals surface area contributed by atoms with Crippen LogP contribution in [0.15, 0.2) is 60.7 Å². The highest BCUT2D eigenvalue weighted by Gasteiger charge is 2.18. The SMILES string of the molecule is C#Cc1ccc(NC(=O)c2cc(OC)ccc2NC(=O)c2ccc(C(=N)N)cc2F)cc1. The number of hydrogen-bond acceptors (Lipinski definition) is 4. The Labute approximate surface area is 183 Å². The van der Waals surface area contributed by atoms with Crippen molar-refractivity contribution in [3.05, 3.63) is 88.7 Å². The summed E-state index contributed by atoms with van der Waals surface area (Å²) in [6.07, 6.45) is 5.34. The number of benzene rings is 3. The molecule has 3 rings (SSSR count). The van der Waals surface area contributed by atoms with Gasteiger partial charge in [-0.05, 0) is 54.6 Å². The van der Waals surface area contributed by atoms with Gasteiger partial charge in [-0.3, -0.25) is 15.0 Å². The van der Waals surface area contributed by atoms with Gasteiger partial charge in [0.05, 0.1) is 23.9 Å². The molecule has 0 aliphatic heterocycles. The molecular weight excluding hydrogens is 411 g/mol. The summed E-state index contributed by atoms with van der Waals surface area (Å²) < 4.78 is 19.5. The molecule has 7 nitrogen and oxygen atoms in total. The molecule has 5 N–H and O–H groups in total. The summed E-state index contributed by atoms with van der Waals surface area (Å²) >= 11 is 0. The van der Waals surface area contributed by atoms with Crippen molar-refractivity contribution in [3.63, 3.8) is 0 Å². The third-order valence-corrected chi connectivity index (χ3v) is 4.55. The van der Waals surface area contributed by atoms with Crippen LogP contribution in [0.25, 0.3) is 0 Å². The smallest absolute Gasteiger partial charge is 0.258 e. The van der Waals surface area contributed by atoms with Crippen LogP contribution in [0.3, 0.4) is 0 Å². The summed E-state index contributed by atoms with van der Waals surface area (Å²) in [4.78, 5) is 25.5. The number of nitrogens with one attached hydrogen (secondary N) is 3. The number of amidine groups is 1. The molecule has 3 aromatic rings. The molecule has 0 aliphatic carbocycles. The standard InChI is InChI=1S/C24H19FN4O3/c1-3-14-4-7-16(8-5-14)28-24(31)19-13-17(32-2)9-11-21(19)29-23(30)18-10-6-15(22(26)27)12-20(18)25/h1,4-13H,2H3,(H3,26,27)(H,28,31)(H,29,30). The lowest BCUT2D eigenvalue weighted by Crippen LogP contribution is -2.20. The number of nitrogens with two attached hydrogens (primary N) is 1. The van der Waals surface area contributed by atoms with Crippen LogP contribution in [0.2, 0.25) is 0 Å². The summed E-state index contributed by atoms with van der Waals surface area (Å²) in [6.45, 7) is 0. The van der Waals surface area contributed by atoms with E-state index in [1.54, 1.807) is 30.3 Å². The van der Waals surface area contributed by atoms with Crippen molar-refractivity contribution in [2.45, 2.75) is 0 Å². The van der Waals surface area contributed by atoms with Gasteiger partial charge in [0.25, 0.3) is 11.8 Å². The number of rotatable bonds is 6. The van der Waals surface area contributed by atoms with E-state index in [-0.39, 0.29) is 28.2 Å². The number of carbonyl (C=O) groups excluding carboxylic acids is 2. The lowest BCUT2D eigenvalue weighted by atomic mass is 10.1. The molecule has 0 bridgehead atoms. The molecule has 2 amide bonds. The molecule has 160 valence electrons. The molecule has 0 atom stereocenters. The maximum atomic E-state index is 14.4. The predicted octanol–water partition coefficient (Wildman–Crippen LogP) is 3.60. The molecule has 0 fully saturated rings. The van der Waals surface area contributed by atoms with Crippen molar-refractivity contribution in [2.24, 2.45) is 5.73 Å². The van der Waals surface area contributed by atoms with Crippen LogP contribution in [0.4, 0.5) is 15.8 Å². The first-order valence-electron chi connectivity index (χ1n) is 9.33. The van der Waals surface area contributed by atoms with Gasteiger partial charge in [0.1, 0.15) is 17.4 Å². The van der Waals surface area contributed by atoms with Gasteiger partial charge in [0, 0.05) is 16.8 Å². The number of anilines is 2. The minimum Gasteiger partial charge on any atom is -0.497 e. The van der Waals surface area contributed by atoms with E-state index in [1.165, 1.54) is 31.4 Å². The van der Waals surface area contributed by atoms with Gasteiger partial charge in [-0.1, -0.05) is 12.0 Å². The fraction of sp³-hybridized carbons (Fsp3) is 0.0417. The second kappa shape index (κ2) is 9.45. The topological polar surface area (TPSA) is 117 Å². The first-order valence-corrected chi connectivity index (χ1v) is 9.33. The lowest BCUT2D eigenvalue weighted by molar-refractivity contribution is 0.102. The molecule has 32 heavy (non-hydrogen) atoms. The van der Waals surface area contributed by atoms with E-state index in [9.17, 15) is 14.0 Å². The van der Waals surface area contributed by atoms with Crippen LogP contribution in [0, 0.1) is 23.6 Å². The van der Waals surface area contributed by atoms with Crippen LogP contribution < -0.4 is 21.1 Å². The third kappa shape index (κ3) is 4.91. The highest BCUT2D eigenvalue weighted by atomic mass is 19.1. The molecule has 0 radical (unpaired) electrons. The van der Waals surface area contributed by atoms with Crippen LogP contribution in [-0.4, -0.2) is 24.8 Å². The van der Waals surface area contributed by atoms with Gasteiger partial charge in [-0.15, -0.1) is 6.42 Å². The summed E-state index contributed by atoms with van der Waals surface area (Å²) in [5.74, 6) is 0.439. The molecule has 0 saturated carbocycles. The minimum absolute atomic E-state index is 0.111. The van der Waals surface area contributed by atoms with Gasteiger partial charge >= 0.3 is 0 Å². The van der Waals surface area contributed by atoms with Crippen molar-refractivity contribution >= 4 is 29.0 Å². The van der Waals surface area contributed by atoms with Crippen molar-refractivity contribution in [3.8, 4) is 18.1 Å². The monoisotopic (exact) mass is 430 g/mol. The zero-order chi connectivity index (χ0) is 23.3.